The second kappa shape index (κ2) is 12.7. The number of hydrogen-bond acceptors (Lipinski definition) is 0. The Balaban J connectivity index is 4.18. The maximum absolute atomic E-state index is 2.52. The third kappa shape index (κ3) is 9.03. The van der Waals surface area contributed by atoms with Crippen molar-refractivity contribution in [2.75, 3.05) is 0 Å². The molecule has 20 heavy (non-hydrogen) atoms. The minimum atomic E-state index is 0.900. The van der Waals surface area contributed by atoms with Gasteiger partial charge < -0.3 is 0 Å². The molecule has 122 valence electrons. The van der Waals surface area contributed by atoms with Crippen molar-refractivity contribution < 1.29 is 0 Å². The van der Waals surface area contributed by atoms with Crippen molar-refractivity contribution in [1.82, 2.24) is 0 Å². The second-order valence-corrected chi connectivity index (χ2v) is 7.32. The Labute approximate surface area is 130 Å². The highest BCUT2D eigenvalue weighted by Crippen LogP contribution is 2.31. The van der Waals surface area contributed by atoms with E-state index in [0.29, 0.717) is 0 Å². The van der Waals surface area contributed by atoms with Gasteiger partial charge in [-0.3, -0.25) is 0 Å². The van der Waals surface area contributed by atoms with Crippen molar-refractivity contribution in [2.24, 2.45) is 23.7 Å². The van der Waals surface area contributed by atoms with Crippen LogP contribution in [0.2, 0.25) is 0 Å². The molecule has 0 fully saturated rings. The van der Waals surface area contributed by atoms with E-state index >= 15 is 0 Å². The van der Waals surface area contributed by atoms with Crippen LogP contribution < -0.4 is 0 Å². The smallest absolute Gasteiger partial charge is 0.0388 e. The van der Waals surface area contributed by atoms with E-state index in [2.05, 4.69) is 41.5 Å². The summed E-state index contributed by atoms with van der Waals surface area (Å²) in [5.74, 6) is 3.74. The highest BCUT2D eigenvalue weighted by Gasteiger charge is 2.19. The van der Waals surface area contributed by atoms with Crippen molar-refractivity contribution in [3.05, 3.63) is 0 Å². The summed E-state index contributed by atoms with van der Waals surface area (Å²) in [5, 5.41) is 0. The zero-order chi connectivity index (χ0) is 15.4. The molecule has 0 rings (SSSR count). The van der Waals surface area contributed by atoms with Crippen LogP contribution in [0.5, 0.6) is 0 Å². The fourth-order valence-electron chi connectivity index (χ4n) is 3.30. The SMILES string of the molecule is CCCCCC(C)C(CCCC)CCC(C)C(C)CC. The van der Waals surface area contributed by atoms with Crippen LogP contribution in [-0.4, -0.2) is 0 Å². The lowest BCUT2D eigenvalue weighted by Gasteiger charge is -2.27. The molecule has 0 aromatic rings. The third-order valence-corrected chi connectivity index (χ3v) is 5.60. The average molecular weight is 283 g/mol. The molecule has 0 nitrogen and oxygen atoms in total. The standard InChI is InChI=1S/C20H42/c1-7-10-12-13-19(6)20(14-11-8-2)16-15-18(5)17(4)9-3/h17-20H,7-16H2,1-6H3. The molecule has 0 heterocycles. The van der Waals surface area contributed by atoms with Crippen LogP contribution >= 0.6 is 0 Å². The molecular formula is C20H42. The topological polar surface area (TPSA) is 0 Å². The minimum Gasteiger partial charge on any atom is -0.0654 e. The minimum absolute atomic E-state index is 0.900. The van der Waals surface area contributed by atoms with Gasteiger partial charge in [0.2, 0.25) is 0 Å². The number of unbranched alkanes of at least 4 members (excludes halogenated alkanes) is 3. The molecule has 0 aromatic heterocycles. The van der Waals surface area contributed by atoms with Gasteiger partial charge in [0.05, 0.1) is 0 Å². The number of rotatable bonds is 13. The zero-order valence-electron chi connectivity index (χ0n) is 15.4. The van der Waals surface area contributed by atoms with Crippen LogP contribution in [0.15, 0.2) is 0 Å². The van der Waals surface area contributed by atoms with Gasteiger partial charge in [-0.15, -0.1) is 0 Å². The first-order valence-corrected chi connectivity index (χ1v) is 9.56. The Morgan fingerprint density at radius 2 is 1.20 bits per heavy atom. The zero-order valence-corrected chi connectivity index (χ0v) is 15.4. The van der Waals surface area contributed by atoms with Crippen LogP contribution in [0, 0.1) is 23.7 Å². The summed E-state index contributed by atoms with van der Waals surface area (Å²) in [4.78, 5) is 0. The van der Waals surface area contributed by atoms with Crippen molar-refractivity contribution in [1.29, 1.82) is 0 Å². The molecule has 0 heteroatoms. The lowest BCUT2D eigenvalue weighted by molar-refractivity contribution is 0.246. The molecule has 0 bridgehead atoms. The first-order chi connectivity index (χ1) is 9.56. The Bertz CT molecular complexity index is 196. The normalized spacial score (nSPS) is 17.7. The molecule has 0 aliphatic rings. The van der Waals surface area contributed by atoms with Crippen molar-refractivity contribution in [3.8, 4) is 0 Å². The van der Waals surface area contributed by atoms with E-state index in [9.17, 15) is 0 Å². The van der Waals surface area contributed by atoms with Gasteiger partial charge in [-0.2, -0.15) is 0 Å². The monoisotopic (exact) mass is 282 g/mol. The van der Waals surface area contributed by atoms with E-state index < -0.39 is 0 Å². The Kier molecular flexibility index (Phi) is 12.7. The summed E-state index contributed by atoms with van der Waals surface area (Å²) < 4.78 is 0. The highest BCUT2D eigenvalue weighted by molar-refractivity contribution is 4.70. The van der Waals surface area contributed by atoms with Gasteiger partial charge in [-0.25, -0.2) is 0 Å². The molecule has 0 aliphatic carbocycles. The summed E-state index contributed by atoms with van der Waals surface area (Å²) in [6, 6.07) is 0. The molecule has 0 spiro atoms. The van der Waals surface area contributed by atoms with Gasteiger partial charge >= 0.3 is 0 Å². The van der Waals surface area contributed by atoms with Crippen LogP contribution in [0.3, 0.4) is 0 Å². The van der Waals surface area contributed by atoms with Gasteiger partial charge in [-0.05, 0) is 30.1 Å². The predicted molar refractivity (Wildman–Crippen MR) is 94.2 cm³/mol. The van der Waals surface area contributed by atoms with Crippen LogP contribution in [-0.2, 0) is 0 Å². The fraction of sp³-hybridized carbons (Fsp3) is 1.00. The Hall–Kier alpha value is 0. The third-order valence-electron chi connectivity index (χ3n) is 5.60. The largest absolute Gasteiger partial charge is 0.0654 e. The molecule has 0 amide bonds. The summed E-state index contributed by atoms with van der Waals surface area (Å²) in [6.07, 6.45) is 14.2. The summed E-state index contributed by atoms with van der Waals surface area (Å²) in [6.45, 7) is 14.4. The maximum atomic E-state index is 2.52. The Morgan fingerprint density at radius 3 is 1.75 bits per heavy atom. The van der Waals surface area contributed by atoms with Crippen LogP contribution in [0.1, 0.15) is 106 Å². The number of hydrogen-bond donors (Lipinski definition) is 0. The van der Waals surface area contributed by atoms with Gasteiger partial charge in [0.1, 0.15) is 0 Å². The van der Waals surface area contributed by atoms with Gasteiger partial charge in [0, 0.05) is 0 Å². The van der Waals surface area contributed by atoms with Crippen molar-refractivity contribution in [3.63, 3.8) is 0 Å². The quantitative estimate of drug-likeness (QED) is 0.307. The molecule has 0 N–H and O–H groups in total. The summed E-state index contributed by atoms with van der Waals surface area (Å²) >= 11 is 0. The van der Waals surface area contributed by atoms with Gasteiger partial charge in [0.25, 0.3) is 0 Å². The lowest BCUT2D eigenvalue weighted by Crippen LogP contribution is -2.15. The molecule has 0 aliphatic heterocycles. The van der Waals surface area contributed by atoms with Crippen molar-refractivity contribution in [2.45, 2.75) is 106 Å². The molecule has 0 saturated heterocycles. The first-order valence-electron chi connectivity index (χ1n) is 9.56. The molecular weight excluding hydrogens is 240 g/mol. The fourth-order valence-corrected chi connectivity index (χ4v) is 3.30. The first kappa shape index (κ1) is 20.0. The molecule has 4 atom stereocenters. The van der Waals surface area contributed by atoms with E-state index in [0.717, 1.165) is 23.7 Å². The van der Waals surface area contributed by atoms with E-state index in [4.69, 9.17) is 0 Å². The second-order valence-electron chi connectivity index (χ2n) is 7.32. The molecule has 0 aromatic carbocycles. The maximum Gasteiger partial charge on any atom is -0.0388 e. The summed E-state index contributed by atoms with van der Waals surface area (Å²) in [5.41, 5.74) is 0. The molecule has 4 unspecified atom stereocenters. The Morgan fingerprint density at radius 1 is 0.550 bits per heavy atom. The van der Waals surface area contributed by atoms with E-state index in [1.807, 2.05) is 0 Å². The summed E-state index contributed by atoms with van der Waals surface area (Å²) in [7, 11) is 0. The van der Waals surface area contributed by atoms with E-state index in [1.54, 1.807) is 0 Å². The molecule has 0 saturated carbocycles. The average Bonchev–Trinajstić information content (AvgIpc) is 2.46. The van der Waals surface area contributed by atoms with Crippen molar-refractivity contribution >= 4 is 0 Å². The van der Waals surface area contributed by atoms with Crippen LogP contribution in [0.25, 0.3) is 0 Å². The van der Waals surface area contributed by atoms with Gasteiger partial charge in [0.15, 0.2) is 0 Å². The molecule has 0 radical (unpaired) electrons. The predicted octanol–water partition coefficient (Wildman–Crippen LogP) is 7.47. The van der Waals surface area contributed by atoms with Gasteiger partial charge in [-0.1, -0.05) is 99.3 Å². The van der Waals surface area contributed by atoms with E-state index in [-0.39, 0.29) is 0 Å². The van der Waals surface area contributed by atoms with Crippen LogP contribution in [0.4, 0.5) is 0 Å². The highest BCUT2D eigenvalue weighted by atomic mass is 14.2. The lowest BCUT2D eigenvalue weighted by atomic mass is 9.79. The van der Waals surface area contributed by atoms with E-state index in [1.165, 1.54) is 64.2 Å².